The first-order valence-corrected chi connectivity index (χ1v) is 6.18. The van der Waals surface area contributed by atoms with Gasteiger partial charge in [0.25, 0.3) is 0 Å². The molecule has 2 fully saturated rings. The third-order valence-corrected chi connectivity index (χ3v) is 4.07. The van der Waals surface area contributed by atoms with Gasteiger partial charge in [-0.15, -0.1) is 0 Å². The number of pyridine rings is 1. The summed E-state index contributed by atoms with van der Waals surface area (Å²) in [6.45, 7) is 6.09. The predicted molar refractivity (Wildman–Crippen MR) is 64.1 cm³/mol. The van der Waals surface area contributed by atoms with Crippen molar-refractivity contribution in [2.24, 2.45) is 5.41 Å². The maximum absolute atomic E-state index is 4.06. The zero-order chi connectivity index (χ0) is 10.8. The highest BCUT2D eigenvalue weighted by Crippen LogP contribution is 2.35. The van der Waals surface area contributed by atoms with Crippen LogP contribution in [0.4, 0.5) is 0 Å². The predicted octanol–water partition coefficient (Wildman–Crippen LogP) is 1.27. The molecule has 2 aliphatic heterocycles. The average Bonchev–Trinajstić information content (AvgIpc) is 2.29. The molecule has 1 N–H and O–H groups in total. The van der Waals surface area contributed by atoms with Crippen molar-refractivity contribution >= 4 is 0 Å². The number of rotatable bonds is 2. The van der Waals surface area contributed by atoms with E-state index in [1.807, 2.05) is 12.4 Å². The molecule has 1 aromatic rings. The van der Waals surface area contributed by atoms with Gasteiger partial charge in [0.2, 0.25) is 0 Å². The summed E-state index contributed by atoms with van der Waals surface area (Å²) < 4.78 is 0. The summed E-state index contributed by atoms with van der Waals surface area (Å²) >= 11 is 0. The minimum absolute atomic E-state index is 0.661. The number of nitrogens with zero attached hydrogens (tertiary/aromatic N) is 2. The fourth-order valence-electron chi connectivity index (χ4n) is 2.76. The monoisotopic (exact) mass is 217 g/mol. The van der Waals surface area contributed by atoms with Crippen LogP contribution in [0.15, 0.2) is 24.5 Å². The van der Waals surface area contributed by atoms with Gasteiger partial charge in [-0.1, -0.05) is 0 Å². The van der Waals surface area contributed by atoms with Gasteiger partial charge in [-0.3, -0.25) is 9.88 Å². The van der Waals surface area contributed by atoms with Crippen molar-refractivity contribution in [3.63, 3.8) is 0 Å². The number of aromatic nitrogens is 1. The Morgan fingerprint density at radius 1 is 1.19 bits per heavy atom. The SMILES string of the molecule is c1cc(CN2CCC3(CC2)CNC3)ccn1. The number of hydrogen-bond acceptors (Lipinski definition) is 3. The molecule has 0 amide bonds. The minimum atomic E-state index is 0.661. The summed E-state index contributed by atoms with van der Waals surface area (Å²) in [5, 5.41) is 3.41. The summed E-state index contributed by atoms with van der Waals surface area (Å²) in [5.74, 6) is 0. The summed E-state index contributed by atoms with van der Waals surface area (Å²) in [6.07, 6.45) is 6.50. The molecule has 1 spiro atoms. The van der Waals surface area contributed by atoms with Crippen LogP contribution in [-0.2, 0) is 6.54 Å². The van der Waals surface area contributed by atoms with Crippen molar-refractivity contribution < 1.29 is 0 Å². The van der Waals surface area contributed by atoms with E-state index < -0.39 is 0 Å². The van der Waals surface area contributed by atoms with Crippen LogP contribution in [0.2, 0.25) is 0 Å². The molecule has 3 rings (SSSR count). The van der Waals surface area contributed by atoms with Crippen molar-refractivity contribution in [3.8, 4) is 0 Å². The normalized spacial score (nSPS) is 24.2. The molecule has 0 unspecified atom stereocenters. The lowest BCUT2D eigenvalue weighted by molar-refractivity contribution is 0.0520. The van der Waals surface area contributed by atoms with E-state index in [2.05, 4.69) is 27.3 Å². The molecule has 3 heterocycles. The first-order valence-electron chi connectivity index (χ1n) is 6.18. The third kappa shape index (κ3) is 1.97. The van der Waals surface area contributed by atoms with E-state index in [-0.39, 0.29) is 0 Å². The molecule has 3 heteroatoms. The van der Waals surface area contributed by atoms with E-state index in [0.717, 1.165) is 6.54 Å². The van der Waals surface area contributed by atoms with Gasteiger partial charge in [-0.05, 0) is 49.0 Å². The molecular formula is C13H19N3. The molecule has 16 heavy (non-hydrogen) atoms. The average molecular weight is 217 g/mol. The van der Waals surface area contributed by atoms with Gasteiger partial charge < -0.3 is 5.32 Å². The second-order valence-electron chi connectivity index (χ2n) is 5.24. The quantitative estimate of drug-likeness (QED) is 0.808. The van der Waals surface area contributed by atoms with Gasteiger partial charge in [0.1, 0.15) is 0 Å². The molecule has 1 aromatic heterocycles. The first kappa shape index (κ1) is 10.2. The number of nitrogens with one attached hydrogen (secondary N) is 1. The largest absolute Gasteiger partial charge is 0.316 e. The Morgan fingerprint density at radius 3 is 2.44 bits per heavy atom. The second kappa shape index (κ2) is 4.15. The van der Waals surface area contributed by atoms with Crippen LogP contribution in [0, 0.1) is 5.41 Å². The Kier molecular flexibility index (Phi) is 2.65. The Hall–Kier alpha value is -0.930. The highest BCUT2D eigenvalue weighted by atomic mass is 15.1. The van der Waals surface area contributed by atoms with Crippen LogP contribution < -0.4 is 5.32 Å². The van der Waals surface area contributed by atoms with E-state index in [4.69, 9.17) is 0 Å². The fraction of sp³-hybridized carbons (Fsp3) is 0.615. The van der Waals surface area contributed by atoms with E-state index in [1.54, 1.807) is 0 Å². The smallest absolute Gasteiger partial charge is 0.0271 e. The van der Waals surface area contributed by atoms with Crippen LogP contribution in [0.25, 0.3) is 0 Å². The van der Waals surface area contributed by atoms with Crippen LogP contribution in [0.5, 0.6) is 0 Å². The van der Waals surface area contributed by atoms with Gasteiger partial charge in [0.05, 0.1) is 0 Å². The number of piperidine rings is 1. The molecule has 0 saturated carbocycles. The lowest BCUT2D eigenvalue weighted by Gasteiger charge is -2.48. The van der Waals surface area contributed by atoms with Crippen molar-refractivity contribution in [2.75, 3.05) is 26.2 Å². The number of likely N-dealkylation sites (tertiary alicyclic amines) is 1. The van der Waals surface area contributed by atoms with Gasteiger partial charge in [0, 0.05) is 32.0 Å². The van der Waals surface area contributed by atoms with Crippen LogP contribution in [0.1, 0.15) is 18.4 Å². The molecule has 0 bridgehead atoms. The van der Waals surface area contributed by atoms with Crippen molar-refractivity contribution in [1.82, 2.24) is 15.2 Å². The zero-order valence-electron chi connectivity index (χ0n) is 9.65. The van der Waals surface area contributed by atoms with E-state index in [0.29, 0.717) is 5.41 Å². The summed E-state index contributed by atoms with van der Waals surface area (Å²) in [5.41, 5.74) is 2.05. The van der Waals surface area contributed by atoms with Crippen molar-refractivity contribution in [2.45, 2.75) is 19.4 Å². The molecule has 3 nitrogen and oxygen atoms in total. The lowest BCUT2D eigenvalue weighted by atomic mass is 9.73. The molecule has 2 aliphatic rings. The van der Waals surface area contributed by atoms with Crippen molar-refractivity contribution in [3.05, 3.63) is 30.1 Å². The Labute approximate surface area is 96.9 Å². The summed E-state index contributed by atoms with van der Waals surface area (Å²) in [6, 6.07) is 4.24. The highest BCUT2D eigenvalue weighted by Gasteiger charge is 2.39. The lowest BCUT2D eigenvalue weighted by Crippen LogP contribution is -2.58. The third-order valence-electron chi connectivity index (χ3n) is 4.07. The first-order chi connectivity index (χ1) is 7.86. The minimum Gasteiger partial charge on any atom is -0.316 e. The van der Waals surface area contributed by atoms with Gasteiger partial charge in [-0.25, -0.2) is 0 Å². The van der Waals surface area contributed by atoms with E-state index in [1.165, 1.54) is 44.6 Å². The zero-order valence-corrected chi connectivity index (χ0v) is 9.65. The fourth-order valence-corrected chi connectivity index (χ4v) is 2.76. The summed E-state index contributed by atoms with van der Waals surface area (Å²) in [7, 11) is 0. The van der Waals surface area contributed by atoms with Crippen LogP contribution in [0.3, 0.4) is 0 Å². The maximum Gasteiger partial charge on any atom is 0.0271 e. The number of hydrogen-bond donors (Lipinski definition) is 1. The van der Waals surface area contributed by atoms with Gasteiger partial charge in [-0.2, -0.15) is 0 Å². The molecule has 0 atom stereocenters. The molecule has 2 saturated heterocycles. The Balaban J connectivity index is 1.54. The van der Waals surface area contributed by atoms with E-state index in [9.17, 15) is 0 Å². The standard InChI is InChI=1S/C13H19N3/c1-5-14-6-2-12(1)9-16-7-3-13(4-8-16)10-15-11-13/h1-2,5-6,15H,3-4,7-11H2. The second-order valence-corrected chi connectivity index (χ2v) is 5.24. The van der Waals surface area contributed by atoms with Gasteiger partial charge >= 0.3 is 0 Å². The molecule has 86 valence electrons. The summed E-state index contributed by atoms with van der Waals surface area (Å²) in [4.78, 5) is 6.63. The molecule has 0 aromatic carbocycles. The molecule has 0 aliphatic carbocycles. The Morgan fingerprint density at radius 2 is 1.88 bits per heavy atom. The highest BCUT2D eigenvalue weighted by molar-refractivity contribution is 5.09. The van der Waals surface area contributed by atoms with Gasteiger partial charge in [0.15, 0.2) is 0 Å². The van der Waals surface area contributed by atoms with Crippen LogP contribution >= 0.6 is 0 Å². The molecule has 0 radical (unpaired) electrons. The Bertz CT molecular complexity index is 335. The van der Waals surface area contributed by atoms with Crippen molar-refractivity contribution in [1.29, 1.82) is 0 Å². The van der Waals surface area contributed by atoms with Crippen LogP contribution in [-0.4, -0.2) is 36.1 Å². The van der Waals surface area contributed by atoms with E-state index >= 15 is 0 Å². The molecular weight excluding hydrogens is 198 g/mol. The maximum atomic E-state index is 4.06. The topological polar surface area (TPSA) is 28.2 Å².